The molecular formula is C21H28N2O4S. The molecule has 0 spiro atoms. The number of anilines is 1. The number of amides is 1. The van der Waals surface area contributed by atoms with E-state index in [4.69, 9.17) is 4.74 Å². The lowest BCUT2D eigenvalue weighted by atomic mass is 10.2. The Hall–Kier alpha value is -2.54. The minimum atomic E-state index is -3.40. The molecular weight excluding hydrogens is 376 g/mol. The summed E-state index contributed by atoms with van der Waals surface area (Å²) in [6.07, 6.45) is 1.84. The van der Waals surface area contributed by atoms with Crippen LogP contribution in [0.2, 0.25) is 0 Å². The summed E-state index contributed by atoms with van der Waals surface area (Å²) in [7, 11) is -3.40. The van der Waals surface area contributed by atoms with Crippen LogP contribution >= 0.6 is 0 Å². The molecule has 2 aromatic carbocycles. The number of hydrogen-bond acceptors (Lipinski definition) is 4. The second kappa shape index (κ2) is 10.1. The lowest BCUT2D eigenvalue weighted by Crippen LogP contribution is -2.37. The molecule has 1 N–H and O–H groups in total. The number of carbonyl (C=O) groups excluding carboxylic acids is 1. The molecule has 6 nitrogen and oxygen atoms in total. The van der Waals surface area contributed by atoms with E-state index in [-0.39, 0.29) is 24.9 Å². The molecule has 2 aromatic rings. The van der Waals surface area contributed by atoms with Crippen molar-refractivity contribution in [3.05, 3.63) is 60.2 Å². The fourth-order valence-electron chi connectivity index (χ4n) is 2.71. The third-order valence-corrected chi connectivity index (χ3v) is 5.33. The van der Waals surface area contributed by atoms with Gasteiger partial charge >= 0.3 is 0 Å². The highest BCUT2D eigenvalue weighted by atomic mass is 32.2. The average Bonchev–Trinajstić information content (AvgIpc) is 2.64. The molecule has 0 fully saturated rings. The number of rotatable bonds is 10. The highest BCUT2D eigenvalue weighted by Gasteiger charge is 2.17. The topological polar surface area (TPSA) is 75.7 Å². The van der Waals surface area contributed by atoms with Gasteiger partial charge in [0, 0.05) is 13.0 Å². The Morgan fingerprint density at radius 2 is 1.75 bits per heavy atom. The Morgan fingerprint density at radius 3 is 2.36 bits per heavy atom. The van der Waals surface area contributed by atoms with E-state index in [2.05, 4.69) is 5.32 Å². The third-order valence-electron chi connectivity index (χ3n) is 4.14. The molecule has 0 unspecified atom stereocenters. The molecule has 28 heavy (non-hydrogen) atoms. The first-order chi connectivity index (χ1) is 13.3. The SMILES string of the molecule is Cc1ccc(OC[C@H](C)NC(=O)CCCN(c2ccccc2)S(C)(=O)=O)cc1. The van der Waals surface area contributed by atoms with Crippen LogP contribution in [0, 0.1) is 6.92 Å². The molecule has 0 saturated heterocycles. The van der Waals surface area contributed by atoms with Crippen molar-refractivity contribution in [2.45, 2.75) is 32.7 Å². The predicted molar refractivity (Wildman–Crippen MR) is 112 cm³/mol. The van der Waals surface area contributed by atoms with Crippen molar-refractivity contribution < 1.29 is 17.9 Å². The van der Waals surface area contributed by atoms with Crippen LogP contribution < -0.4 is 14.4 Å². The van der Waals surface area contributed by atoms with Gasteiger partial charge in [0.25, 0.3) is 0 Å². The number of benzene rings is 2. The summed E-state index contributed by atoms with van der Waals surface area (Å²) in [6.45, 7) is 4.51. The van der Waals surface area contributed by atoms with Gasteiger partial charge in [-0.2, -0.15) is 0 Å². The Morgan fingerprint density at radius 1 is 1.11 bits per heavy atom. The maximum absolute atomic E-state index is 12.1. The minimum absolute atomic E-state index is 0.124. The van der Waals surface area contributed by atoms with Crippen molar-refractivity contribution >= 4 is 21.6 Å². The molecule has 0 aliphatic carbocycles. The van der Waals surface area contributed by atoms with Crippen LogP contribution in [-0.4, -0.2) is 39.8 Å². The molecule has 152 valence electrons. The van der Waals surface area contributed by atoms with Gasteiger partial charge in [0.1, 0.15) is 12.4 Å². The van der Waals surface area contributed by atoms with Crippen LogP contribution in [0.15, 0.2) is 54.6 Å². The van der Waals surface area contributed by atoms with Crippen molar-refractivity contribution in [1.29, 1.82) is 0 Å². The van der Waals surface area contributed by atoms with Crippen LogP contribution in [-0.2, 0) is 14.8 Å². The first kappa shape index (κ1) is 21.8. The van der Waals surface area contributed by atoms with Crippen LogP contribution in [0.5, 0.6) is 5.75 Å². The van der Waals surface area contributed by atoms with Gasteiger partial charge in [-0.3, -0.25) is 9.10 Å². The van der Waals surface area contributed by atoms with Crippen molar-refractivity contribution in [1.82, 2.24) is 5.32 Å². The van der Waals surface area contributed by atoms with Crippen molar-refractivity contribution in [2.75, 3.05) is 23.7 Å². The second-order valence-corrected chi connectivity index (χ2v) is 8.77. The van der Waals surface area contributed by atoms with E-state index in [1.165, 1.54) is 10.6 Å². The van der Waals surface area contributed by atoms with E-state index in [9.17, 15) is 13.2 Å². The molecule has 0 radical (unpaired) electrons. The zero-order valence-electron chi connectivity index (χ0n) is 16.6. The zero-order chi connectivity index (χ0) is 20.6. The molecule has 0 aromatic heterocycles. The van der Waals surface area contributed by atoms with E-state index in [1.807, 2.05) is 44.2 Å². The lowest BCUT2D eigenvalue weighted by Gasteiger charge is -2.22. The molecule has 1 amide bonds. The number of nitrogens with one attached hydrogen (secondary N) is 1. The van der Waals surface area contributed by atoms with E-state index in [1.54, 1.807) is 24.3 Å². The highest BCUT2D eigenvalue weighted by molar-refractivity contribution is 7.92. The van der Waals surface area contributed by atoms with Gasteiger partial charge in [-0.1, -0.05) is 35.9 Å². The van der Waals surface area contributed by atoms with Gasteiger partial charge in [-0.15, -0.1) is 0 Å². The van der Waals surface area contributed by atoms with Gasteiger partial charge in [0.2, 0.25) is 15.9 Å². The van der Waals surface area contributed by atoms with Crippen LogP contribution in [0.3, 0.4) is 0 Å². The van der Waals surface area contributed by atoms with Crippen LogP contribution in [0.25, 0.3) is 0 Å². The van der Waals surface area contributed by atoms with E-state index in [0.29, 0.717) is 18.7 Å². The van der Waals surface area contributed by atoms with Crippen molar-refractivity contribution in [3.63, 3.8) is 0 Å². The van der Waals surface area contributed by atoms with Gasteiger partial charge in [0.05, 0.1) is 18.0 Å². The largest absolute Gasteiger partial charge is 0.491 e. The molecule has 1 atom stereocenters. The lowest BCUT2D eigenvalue weighted by molar-refractivity contribution is -0.121. The maximum Gasteiger partial charge on any atom is 0.232 e. The Labute approximate surface area is 167 Å². The van der Waals surface area contributed by atoms with Crippen LogP contribution in [0.1, 0.15) is 25.3 Å². The molecule has 2 rings (SSSR count). The maximum atomic E-state index is 12.1. The van der Waals surface area contributed by atoms with Gasteiger partial charge in [-0.25, -0.2) is 8.42 Å². The summed E-state index contributed by atoms with van der Waals surface area (Å²) in [4.78, 5) is 12.1. The summed E-state index contributed by atoms with van der Waals surface area (Å²) < 4.78 is 31.1. The quantitative estimate of drug-likeness (QED) is 0.660. The molecule has 0 aliphatic rings. The first-order valence-corrected chi connectivity index (χ1v) is 11.1. The smallest absolute Gasteiger partial charge is 0.232 e. The summed E-state index contributed by atoms with van der Waals surface area (Å²) in [6, 6.07) is 16.5. The standard InChI is InChI=1S/C21H28N2O4S/c1-17-11-13-20(14-12-17)27-16-18(2)22-21(24)10-7-15-23(28(3,25)26)19-8-5-4-6-9-19/h4-6,8-9,11-14,18H,7,10,15-16H2,1-3H3,(H,22,24)/t18-/m0/s1. The van der Waals surface area contributed by atoms with E-state index < -0.39 is 10.0 Å². The Kier molecular flexibility index (Phi) is 7.87. The molecule has 7 heteroatoms. The molecule has 0 saturated carbocycles. The second-order valence-electron chi connectivity index (χ2n) is 6.87. The summed E-state index contributed by atoms with van der Waals surface area (Å²) in [5.74, 6) is 0.639. The Balaban J connectivity index is 1.77. The number of para-hydroxylation sites is 1. The number of carbonyl (C=O) groups is 1. The third kappa shape index (κ3) is 7.23. The highest BCUT2D eigenvalue weighted by Crippen LogP contribution is 2.17. The fourth-order valence-corrected chi connectivity index (χ4v) is 3.67. The molecule has 0 heterocycles. The zero-order valence-corrected chi connectivity index (χ0v) is 17.4. The fraction of sp³-hybridized carbons (Fsp3) is 0.381. The number of ether oxygens (including phenoxy) is 1. The predicted octanol–water partition coefficient (Wildman–Crippen LogP) is 3.12. The Bertz CT molecular complexity index is 852. The monoisotopic (exact) mass is 404 g/mol. The van der Waals surface area contributed by atoms with Gasteiger partial charge in [-0.05, 0) is 44.5 Å². The summed E-state index contributed by atoms with van der Waals surface area (Å²) >= 11 is 0. The number of sulfonamides is 1. The summed E-state index contributed by atoms with van der Waals surface area (Å²) in [5, 5.41) is 2.88. The summed E-state index contributed by atoms with van der Waals surface area (Å²) in [5.41, 5.74) is 1.76. The normalized spacial score (nSPS) is 12.2. The number of nitrogens with zero attached hydrogens (tertiary/aromatic N) is 1. The molecule has 0 bridgehead atoms. The average molecular weight is 405 g/mol. The molecule has 0 aliphatic heterocycles. The van der Waals surface area contributed by atoms with Gasteiger partial charge < -0.3 is 10.1 Å². The van der Waals surface area contributed by atoms with E-state index in [0.717, 1.165) is 11.3 Å². The van der Waals surface area contributed by atoms with Gasteiger partial charge in [0.15, 0.2) is 0 Å². The van der Waals surface area contributed by atoms with E-state index >= 15 is 0 Å². The minimum Gasteiger partial charge on any atom is -0.491 e. The van der Waals surface area contributed by atoms with Crippen molar-refractivity contribution in [3.8, 4) is 5.75 Å². The number of aryl methyl sites for hydroxylation is 1. The van der Waals surface area contributed by atoms with Crippen LogP contribution in [0.4, 0.5) is 5.69 Å². The van der Waals surface area contributed by atoms with Crippen molar-refractivity contribution in [2.24, 2.45) is 0 Å². The first-order valence-electron chi connectivity index (χ1n) is 9.27. The number of hydrogen-bond donors (Lipinski definition) is 1.